The first-order valence-corrected chi connectivity index (χ1v) is 14.6. The number of fused-ring (bicyclic) bond motifs is 1. The Balaban J connectivity index is 1.89. The molecule has 0 spiro atoms. The van der Waals surface area contributed by atoms with E-state index in [0.717, 1.165) is 0 Å². The van der Waals surface area contributed by atoms with Gasteiger partial charge in [-0.2, -0.15) is 26.3 Å². The molecular weight excluding hydrogens is 636 g/mol. The topological polar surface area (TPSA) is 107 Å². The number of anilines is 2. The number of pyridine rings is 1. The molecule has 1 aliphatic heterocycles. The molecule has 4 rings (SSSR count). The second-order valence-electron chi connectivity index (χ2n) is 10.6. The number of methoxy groups -OCH3 is 2. The van der Waals surface area contributed by atoms with Crippen LogP contribution in [-0.4, -0.2) is 53.9 Å². The Hall–Kier alpha value is -4.63. The van der Waals surface area contributed by atoms with Crippen LogP contribution in [-0.2, 0) is 39.6 Å². The van der Waals surface area contributed by atoms with Crippen LogP contribution >= 0.6 is 0 Å². The third-order valence-corrected chi connectivity index (χ3v) is 7.63. The van der Waals surface area contributed by atoms with Crippen molar-refractivity contribution < 1.29 is 50.1 Å². The van der Waals surface area contributed by atoms with Gasteiger partial charge in [0, 0.05) is 37.5 Å². The fourth-order valence-electron chi connectivity index (χ4n) is 5.35. The van der Waals surface area contributed by atoms with Crippen LogP contribution in [0.5, 0.6) is 5.88 Å². The number of esters is 1. The fourth-order valence-corrected chi connectivity index (χ4v) is 5.35. The maximum Gasteiger partial charge on any atom is 0.416 e. The van der Waals surface area contributed by atoms with Crippen molar-refractivity contribution in [2.24, 2.45) is 0 Å². The van der Waals surface area contributed by atoms with Crippen LogP contribution in [0, 0.1) is 0 Å². The van der Waals surface area contributed by atoms with E-state index < -0.39 is 54.2 Å². The Bertz CT molecular complexity index is 1540. The molecule has 1 aliphatic rings. The summed E-state index contributed by atoms with van der Waals surface area (Å²) >= 11 is 0. The van der Waals surface area contributed by atoms with Gasteiger partial charge < -0.3 is 19.1 Å². The number of benzene rings is 1. The fraction of sp³-hybridized carbons (Fsp3) is 0.452. The number of rotatable bonds is 10. The highest BCUT2D eigenvalue weighted by atomic mass is 19.4. The zero-order chi connectivity index (χ0) is 34.5. The molecule has 47 heavy (non-hydrogen) atoms. The minimum absolute atomic E-state index is 0.0298. The summed E-state index contributed by atoms with van der Waals surface area (Å²) in [5.41, 5.74) is -2.12. The molecule has 0 N–H and O–H groups in total. The van der Waals surface area contributed by atoms with E-state index in [-0.39, 0.29) is 55.0 Å². The lowest BCUT2D eigenvalue weighted by atomic mass is 9.92. The predicted octanol–water partition coefficient (Wildman–Crippen LogP) is 6.92. The van der Waals surface area contributed by atoms with E-state index in [9.17, 15) is 35.9 Å². The maximum atomic E-state index is 13.8. The molecule has 0 saturated heterocycles. The minimum Gasteiger partial charge on any atom is -0.481 e. The van der Waals surface area contributed by atoms with Crippen LogP contribution in [0.1, 0.15) is 67.1 Å². The minimum atomic E-state index is -5.06. The number of hydrogen-bond acceptors (Lipinski definition) is 9. The summed E-state index contributed by atoms with van der Waals surface area (Å²) < 4.78 is 98.1. The van der Waals surface area contributed by atoms with E-state index in [2.05, 4.69) is 19.7 Å². The monoisotopic (exact) mass is 669 g/mol. The van der Waals surface area contributed by atoms with Gasteiger partial charge in [-0.1, -0.05) is 6.92 Å². The molecule has 1 aromatic carbocycles. The zero-order valence-electron chi connectivity index (χ0n) is 26.0. The van der Waals surface area contributed by atoms with Crippen molar-refractivity contribution in [3.8, 4) is 5.88 Å². The van der Waals surface area contributed by atoms with Gasteiger partial charge in [-0.25, -0.2) is 19.7 Å². The van der Waals surface area contributed by atoms with Gasteiger partial charge in [-0.05, 0) is 61.6 Å². The van der Waals surface area contributed by atoms with Crippen molar-refractivity contribution >= 4 is 23.7 Å². The highest BCUT2D eigenvalue weighted by Crippen LogP contribution is 2.44. The van der Waals surface area contributed by atoms with E-state index in [1.807, 2.05) is 6.92 Å². The normalized spacial score (nSPS) is 16.3. The molecule has 254 valence electrons. The molecule has 2 aromatic heterocycles. The van der Waals surface area contributed by atoms with Gasteiger partial charge >= 0.3 is 24.4 Å². The number of aryl methyl sites for hydroxylation is 1. The zero-order valence-corrected chi connectivity index (χ0v) is 26.0. The Kier molecular flexibility index (Phi) is 10.8. The molecule has 0 fully saturated rings. The number of ether oxygens (including phenoxy) is 3. The number of alkyl halides is 6. The van der Waals surface area contributed by atoms with E-state index in [4.69, 9.17) is 9.47 Å². The lowest BCUT2D eigenvalue weighted by Crippen LogP contribution is -2.48. The van der Waals surface area contributed by atoms with Crippen LogP contribution in [0.4, 0.5) is 42.8 Å². The molecule has 0 bridgehead atoms. The van der Waals surface area contributed by atoms with Crippen molar-refractivity contribution in [2.75, 3.05) is 30.6 Å². The van der Waals surface area contributed by atoms with Gasteiger partial charge in [-0.3, -0.25) is 9.69 Å². The number of aromatic nitrogens is 3. The maximum absolute atomic E-state index is 13.8. The molecule has 1 amide bonds. The van der Waals surface area contributed by atoms with Gasteiger partial charge in [0.1, 0.15) is 0 Å². The number of halogens is 6. The quantitative estimate of drug-likeness (QED) is 0.168. The van der Waals surface area contributed by atoms with Crippen LogP contribution in [0.2, 0.25) is 0 Å². The van der Waals surface area contributed by atoms with Crippen molar-refractivity contribution in [1.29, 1.82) is 0 Å². The molecule has 3 heterocycles. The first-order chi connectivity index (χ1) is 22.2. The van der Waals surface area contributed by atoms with E-state index in [0.29, 0.717) is 29.8 Å². The highest BCUT2D eigenvalue weighted by molar-refractivity contribution is 5.90. The number of hydrogen-bond donors (Lipinski definition) is 0. The van der Waals surface area contributed by atoms with Crippen LogP contribution in [0.3, 0.4) is 0 Å². The summed E-state index contributed by atoms with van der Waals surface area (Å²) in [6, 6.07) is 3.13. The average molecular weight is 670 g/mol. The molecule has 0 radical (unpaired) electrons. The third-order valence-electron chi connectivity index (χ3n) is 7.63. The second kappa shape index (κ2) is 14.4. The Morgan fingerprint density at radius 2 is 1.60 bits per heavy atom. The molecule has 0 saturated carbocycles. The Morgan fingerprint density at radius 3 is 2.13 bits per heavy atom. The molecule has 10 nitrogen and oxygen atoms in total. The number of carbonyl (C=O) groups excluding carboxylic acids is 2. The molecule has 3 aromatic rings. The summed E-state index contributed by atoms with van der Waals surface area (Å²) in [5, 5.41) is 0. The summed E-state index contributed by atoms with van der Waals surface area (Å²) in [7, 11) is 2.62. The van der Waals surface area contributed by atoms with Crippen molar-refractivity contribution in [3.63, 3.8) is 0 Å². The van der Waals surface area contributed by atoms with E-state index >= 15 is 0 Å². The first-order valence-electron chi connectivity index (χ1n) is 14.6. The third kappa shape index (κ3) is 8.21. The number of carbonyl (C=O) groups is 2. The standard InChI is InChI=1S/C31H33F6N5O5/c1-5-22-14-24(27-23(8-9-25(40-27)45-3)42(22)29(44)47-6-2)41(28-38-15-18(16-39-28)7-10-26(43)46-4)17-19-11-20(30(32,33)34)13-21(12-19)31(35,36)37/h8-9,11-13,15-16,22,24H,5-7,10,14,17H2,1-4H3/t22-,24+/m1/s1. The van der Waals surface area contributed by atoms with E-state index in [1.54, 1.807) is 13.0 Å². The predicted molar refractivity (Wildman–Crippen MR) is 157 cm³/mol. The van der Waals surface area contributed by atoms with Gasteiger partial charge in [0.15, 0.2) is 0 Å². The Morgan fingerprint density at radius 1 is 0.957 bits per heavy atom. The number of amides is 1. The molecule has 16 heteroatoms. The summed E-state index contributed by atoms with van der Waals surface area (Å²) in [5.74, 6) is -0.334. The molecular formula is C31H33F6N5O5. The number of nitrogens with zero attached hydrogens (tertiary/aromatic N) is 5. The van der Waals surface area contributed by atoms with Gasteiger partial charge in [0.2, 0.25) is 11.8 Å². The molecule has 0 unspecified atom stereocenters. The summed E-state index contributed by atoms with van der Waals surface area (Å²) in [4.78, 5) is 41.0. The summed E-state index contributed by atoms with van der Waals surface area (Å²) in [6.45, 7) is 3.08. The highest BCUT2D eigenvalue weighted by Gasteiger charge is 2.42. The SMILES string of the molecule is CCOC(=O)N1c2ccc(OC)nc2[C@@H](N(Cc2cc(C(F)(F)F)cc(C(F)(F)F)c2)c2ncc(CCC(=O)OC)cn2)C[C@H]1CC. The lowest BCUT2D eigenvalue weighted by molar-refractivity contribution is -0.143. The largest absolute Gasteiger partial charge is 0.481 e. The van der Waals surface area contributed by atoms with Crippen LogP contribution in [0.25, 0.3) is 0 Å². The lowest BCUT2D eigenvalue weighted by Gasteiger charge is -2.43. The van der Waals surface area contributed by atoms with E-state index in [1.165, 1.54) is 42.5 Å². The van der Waals surface area contributed by atoms with Gasteiger partial charge in [-0.15, -0.1) is 0 Å². The average Bonchev–Trinajstić information content (AvgIpc) is 3.04. The molecule has 0 aliphatic carbocycles. The first kappa shape index (κ1) is 35.2. The van der Waals surface area contributed by atoms with Crippen LogP contribution < -0.4 is 14.5 Å². The van der Waals surface area contributed by atoms with Crippen molar-refractivity contribution in [1.82, 2.24) is 15.0 Å². The smallest absolute Gasteiger partial charge is 0.416 e. The van der Waals surface area contributed by atoms with Gasteiger partial charge in [0.05, 0.1) is 49.4 Å². The molecule has 2 atom stereocenters. The summed E-state index contributed by atoms with van der Waals surface area (Å²) in [6.07, 6.45) is -7.10. The van der Waals surface area contributed by atoms with Crippen molar-refractivity contribution in [2.45, 2.75) is 70.5 Å². The second-order valence-corrected chi connectivity index (χ2v) is 10.6. The Labute approximate surface area is 266 Å². The van der Waals surface area contributed by atoms with Crippen LogP contribution in [0.15, 0.2) is 42.7 Å². The van der Waals surface area contributed by atoms with Crippen molar-refractivity contribution in [3.05, 3.63) is 70.7 Å². The van der Waals surface area contributed by atoms with Gasteiger partial charge in [0.25, 0.3) is 0 Å².